The summed E-state index contributed by atoms with van der Waals surface area (Å²) in [6, 6.07) is 52.9. The van der Waals surface area contributed by atoms with Gasteiger partial charge >= 0.3 is 0 Å². The van der Waals surface area contributed by atoms with Gasteiger partial charge in [0.1, 0.15) is 11.2 Å². The van der Waals surface area contributed by atoms with E-state index in [-0.39, 0.29) is 0 Å². The van der Waals surface area contributed by atoms with Gasteiger partial charge in [0, 0.05) is 32.6 Å². The average molecular weight is 574 g/mol. The lowest BCUT2D eigenvalue weighted by molar-refractivity contribution is 0.669. The van der Waals surface area contributed by atoms with Crippen LogP contribution in [-0.2, 0) is 0 Å². The first-order chi connectivity index (χ1) is 22.2. The number of aryl methyl sites for hydroxylation is 1. The highest BCUT2D eigenvalue weighted by Gasteiger charge is 2.22. The lowest BCUT2D eigenvalue weighted by Crippen LogP contribution is -1.94. The van der Waals surface area contributed by atoms with E-state index >= 15 is 0 Å². The lowest BCUT2D eigenvalue weighted by Gasteiger charge is -2.14. The molecule has 0 aliphatic carbocycles. The standard InChI is InChI=1S/C43H27NO/c1-26-10-7-19-39-40(26)35-25-29(20-23-38(35)45-39)31-21-22-37-43-41(31)33-16-6-5-15-32(33)34-17-9-18-36(42(34)43)44(37)30-14-8-13-28(24-30)27-11-3-2-4-12-27/h2-25H,1H3. The molecule has 0 N–H and O–H groups in total. The second kappa shape index (κ2) is 9.07. The van der Waals surface area contributed by atoms with Crippen LogP contribution in [0.3, 0.4) is 0 Å². The molecule has 0 atom stereocenters. The maximum atomic E-state index is 6.26. The Kier molecular flexibility index (Phi) is 4.95. The summed E-state index contributed by atoms with van der Waals surface area (Å²) in [7, 11) is 0. The Hall–Kier alpha value is -5.86. The van der Waals surface area contributed by atoms with Crippen LogP contribution in [0.2, 0.25) is 0 Å². The molecule has 0 amide bonds. The molecular formula is C43H27NO. The Morgan fingerprint density at radius 2 is 1.16 bits per heavy atom. The van der Waals surface area contributed by atoms with Crippen LogP contribution in [0, 0.1) is 6.92 Å². The summed E-state index contributed by atoms with van der Waals surface area (Å²) in [5.41, 5.74) is 11.6. The summed E-state index contributed by atoms with van der Waals surface area (Å²) in [6.07, 6.45) is 0. The van der Waals surface area contributed by atoms with Gasteiger partial charge in [0.25, 0.3) is 0 Å². The van der Waals surface area contributed by atoms with E-state index in [0.29, 0.717) is 0 Å². The topological polar surface area (TPSA) is 18.1 Å². The number of aromatic nitrogens is 1. The van der Waals surface area contributed by atoms with Crippen molar-refractivity contribution in [3.8, 4) is 27.9 Å². The van der Waals surface area contributed by atoms with Gasteiger partial charge in [-0.05, 0) is 93.4 Å². The van der Waals surface area contributed by atoms with Crippen LogP contribution < -0.4 is 0 Å². The maximum Gasteiger partial charge on any atom is 0.135 e. The Balaban J connectivity index is 1.33. The third-order valence-corrected chi connectivity index (χ3v) is 9.67. The first-order valence-corrected chi connectivity index (χ1v) is 15.5. The van der Waals surface area contributed by atoms with Crippen molar-refractivity contribution >= 4 is 65.3 Å². The normalized spacial score (nSPS) is 12.1. The van der Waals surface area contributed by atoms with Gasteiger partial charge < -0.3 is 8.98 Å². The van der Waals surface area contributed by atoms with Crippen LogP contribution in [0.1, 0.15) is 5.56 Å². The van der Waals surface area contributed by atoms with E-state index in [1.165, 1.54) is 82.2 Å². The molecule has 0 unspecified atom stereocenters. The monoisotopic (exact) mass is 573 g/mol. The summed E-state index contributed by atoms with van der Waals surface area (Å²) in [5.74, 6) is 0. The molecule has 2 nitrogen and oxygen atoms in total. The Bertz CT molecular complexity index is 2760. The van der Waals surface area contributed by atoms with E-state index in [1.54, 1.807) is 0 Å². The first kappa shape index (κ1) is 24.6. The lowest BCUT2D eigenvalue weighted by atomic mass is 9.89. The highest BCUT2D eigenvalue weighted by molar-refractivity contribution is 6.36. The largest absolute Gasteiger partial charge is 0.456 e. The molecule has 8 aromatic carbocycles. The number of benzene rings is 8. The molecule has 0 fully saturated rings. The molecule has 0 aliphatic rings. The second-order valence-corrected chi connectivity index (χ2v) is 12.1. The predicted molar refractivity (Wildman–Crippen MR) is 190 cm³/mol. The van der Waals surface area contributed by atoms with Crippen molar-refractivity contribution in [3.05, 3.63) is 151 Å². The zero-order chi connectivity index (χ0) is 29.6. The van der Waals surface area contributed by atoms with E-state index < -0.39 is 0 Å². The fourth-order valence-corrected chi connectivity index (χ4v) is 7.74. The minimum Gasteiger partial charge on any atom is -0.456 e. The van der Waals surface area contributed by atoms with E-state index in [4.69, 9.17) is 4.42 Å². The second-order valence-electron chi connectivity index (χ2n) is 12.1. The number of rotatable bonds is 3. The van der Waals surface area contributed by atoms with Crippen molar-refractivity contribution in [1.29, 1.82) is 0 Å². The molecule has 2 aromatic heterocycles. The number of hydrogen-bond acceptors (Lipinski definition) is 1. The van der Waals surface area contributed by atoms with Gasteiger partial charge in [-0.1, -0.05) is 103 Å². The number of fused-ring (bicyclic) bond motifs is 6. The molecule has 0 saturated heterocycles. The highest BCUT2D eigenvalue weighted by atomic mass is 16.3. The Labute approximate surface area is 259 Å². The van der Waals surface area contributed by atoms with Crippen LogP contribution in [0.4, 0.5) is 0 Å². The fraction of sp³-hybridized carbons (Fsp3) is 0.0233. The molecule has 210 valence electrons. The average Bonchev–Trinajstić information content (AvgIpc) is 3.65. The van der Waals surface area contributed by atoms with Crippen molar-refractivity contribution < 1.29 is 4.42 Å². The SMILES string of the molecule is Cc1cccc2oc3ccc(-c4ccc5c6c4c4ccccc4c4cccc(c46)n5-c4cccc(-c5ccccc5)c4)cc3c12. The van der Waals surface area contributed by atoms with Crippen molar-refractivity contribution in [2.24, 2.45) is 0 Å². The Morgan fingerprint density at radius 1 is 0.422 bits per heavy atom. The molecule has 10 aromatic rings. The van der Waals surface area contributed by atoms with Crippen LogP contribution in [-0.4, -0.2) is 4.57 Å². The zero-order valence-corrected chi connectivity index (χ0v) is 24.7. The molecule has 0 saturated carbocycles. The molecule has 0 radical (unpaired) electrons. The number of hydrogen-bond donors (Lipinski definition) is 0. The van der Waals surface area contributed by atoms with Gasteiger partial charge in [-0.15, -0.1) is 0 Å². The minimum atomic E-state index is 0.926. The summed E-state index contributed by atoms with van der Waals surface area (Å²) < 4.78 is 8.72. The summed E-state index contributed by atoms with van der Waals surface area (Å²) >= 11 is 0. The Morgan fingerprint density at radius 3 is 2.07 bits per heavy atom. The molecule has 0 aliphatic heterocycles. The highest BCUT2D eigenvalue weighted by Crippen LogP contribution is 2.47. The van der Waals surface area contributed by atoms with E-state index in [0.717, 1.165) is 16.6 Å². The van der Waals surface area contributed by atoms with Gasteiger partial charge in [0.15, 0.2) is 0 Å². The third-order valence-electron chi connectivity index (χ3n) is 9.67. The van der Waals surface area contributed by atoms with Crippen LogP contribution in [0.25, 0.3) is 93.2 Å². The van der Waals surface area contributed by atoms with Gasteiger partial charge in [-0.25, -0.2) is 0 Å². The molecule has 2 heterocycles. The van der Waals surface area contributed by atoms with Crippen LogP contribution in [0.5, 0.6) is 0 Å². The fourth-order valence-electron chi connectivity index (χ4n) is 7.74. The van der Waals surface area contributed by atoms with E-state index in [2.05, 4.69) is 157 Å². The van der Waals surface area contributed by atoms with Gasteiger partial charge in [-0.2, -0.15) is 0 Å². The molecule has 45 heavy (non-hydrogen) atoms. The molecule has 0 spiro atoms. The zero-order valence-electron chi connectivity index (χ0n) is 24.7. The summed E-state index contributed by atoms with van der Waals surface area (Å²) in [4.78, 5) is 0. The molecule has 2 heteroatoms. The molecule has 0 bridgehead atoms. The summed E-state index contributed by atoms with van der Waals surface area (Å²) in [6.45, 7) is 2.17. The van der Waals surface area contributed by atoms with Crippen LogP contribution in [0.15, 0.2) is 150 Å². The maximum absolute atomic E-state index is 6.26. The quantitative estimate of drug-likeness (QED) is 0.192. The summed E-state index contributed by atoms with van der Waals surface area (Å²) in [5, 5.41) is 10.2. The van der Waals surface area contributed by atoms with Gasteiger partial charge in [0.05, 0.1) is 11.0 Å². The van der Waals surface area contributed by atoms with Crippen LogP contribution >= 0.6 is 0 Å². The van der Waals surface area contributed by atoms with Crippen molar-refractivity contribution in [2.75, 3.05) is 0 Å². The van der Waals surface area contributed by atoms with Crippen molar-refractivity contribution in [1.82, 2.24) is 4.57 Å². The van der Waals surface area contributed by atoms with E-state index in [9.17, 15) is 0 Å². The minimum absolute atomic E-state index is 0.926. The number of furan rings is 1. The van der Waals surface area contributed by atoms with Crippen molar-refractivity contribution in [3.63, 3.8) is 0 Å². The third kappa shape index (κ3) is 3.39. The first-order valence-electron chi connectivity index (χ1n) is 15.5. The molecular weight excluding hydrogens is 546 g/mol. The van der Waals surface area contributed by atoms with Gasteiger partial charge in [-0.3, -0.25) is 0 Å². The smallest absolute Gasteiger partial charge is 0.135 e. The molecule has 10 rings (SSSR count). The number of nitrogens with zero attached hydrogens (tertiary/aromatic N) is 1. The van der Waals surface area contributed by atoms with Gasteiger partial charge in [0.2, 0.25) is 0 Å². The van der Waals surface area contributed by atoms with E-state index in [1.807, 2.05) is 0 Å². The van der Waals surface area contributed by atoms with Crippen molar-refractivity contribution in [2.45, 2.75) is 6.92 Å². The predicted octanol–water partition coefficient (Wildman–Crippen LogP) is 12.1.